The standard InChI is InChI=1S/C29H26N4O6/c1-29(2,3)33(28(36)37)22-11-7-10-17(25(22)38-4)19-15-21(18-9-5-6-12-23(18)34)31-26(20(19)16-30)32-27(35)24-13-8-14-39-24/h5-15,34H,1-4H3,(H,36,37)(H,31,32,35). The fraction of sp³-hybridized carbons (Fsp3) is 0.172. The van der Waals surface area contributed by atoms with Gasteiger partial charge in [-0.3, -0.25) is 9.69 Å². The number of anilines is 2. The fourth-order valence-electron chi connectivity index (χ4n) is 4.25. The molecule has 0 bridgehead atoms. The lowest BCUT2D eigenvalue weighted by Gasteiger charge is -2.34. The minimum Gasteiger partial charge on any atom is -0.507 e. The summed E-state index contributed by atoms with van der Waals surface area (Å²) < 4.78 is 10.9. The third kappa shape index (κ3) is 5.24. The van der Waals surface area contributed by atoms with Crippen molar-refractivity contribution in [2.45, 2.75) is 26.3 Å². The monoisotopic (exact) mass is 526 g/mol. The Morgan fingerprint density at radius 2 is 1.77 bits per heavy atom. The summed E-state index contributed by atoms with van der Waals surface area (Å²) in [6, 6.07) is 18.1. The van der Waals surface area contributed by atoms with E-state index in [1.54, 1.807) is 69.3 Å². The van der Waals surface area contributed by atoms with Crippen molar-refractivity contribution in [3.05, 3.63) is 78.3 Å². The number of benzene rings is 2. The molecule has 0 aliphatic heterocycles. The van der Waals surface area contributed by atoms with Gasteiger partial charge in [0.05, 0.1) is 24.8 Å². The number of nitriles is 1. The number of carbonyl (C=O) groups excluding carboxylic acids is 1. The van der Waals surface area contributed by atoms with Gasteiger partial charge in [-0.15, -0.1) is 0 Å². The molecule has 0 unspecified atom stereocenters. The maximum Gasteiger partial charge on any atom is 0.412 e. The molecule has 0 atom stereocenters. The van der Waals surface area contributed by atoms with Crippen molar-refractivity contribution >= 4 is 23.5 Å². The van der Waals surface area contributed by atoms with Gasteiger partial charge in [-0.25, -0.2) is 9.78 Å². The zero-order chi connectivity index (χ0) is 28.3. The second-order valence-corrected chi connectivity index (χ2v) is 9.49. The first-order chi connectivity index (χ1) is 18.6. The van der Waals surface area contributed by atoms with E-state index in [0.717, 1.165) is 0 Å². The predicted octanol–water partition coefficient (Wildman–Crippen LogP) is 6.13. The Bertz CT molecular complexity index is 1580. The Balaban J connectivity index is 2.02. The van der Waals surface area contributed by atoms with Gasteiger partial charge in [0, 0.05) is 22.2 Å². The van der Waals surface area contributed by atoms with Gasteiger partial charge >= 0.3 is 6.09 Å². The van der Waals surface area contributed by atoms with E-state index in [9.17, 15) is 25.1 Å². The molecule has 0 radical (unpaired) electrons. The van der Waals surface area contributed by atoms with E-state index in [-0.39, 0.29) is 40.0 Å². The Morgan fingerprint density at radius 3 is 2.36 bits per heavy atom. The number of methoxy groups -OCH3 is 1. The molecule has 0 fully saturated rings. The number of rotatable bonds is 6. The molecule has 4 rings (SSSR count). The Morgan fingerprint density at radius 1 is 1.05 bits per heavy atom. The molecule has 10 heteroatoms. The number of nitrogens with zero attached hydrogens (tertiary/aromatic N) is 3. The summed E-state index contributed by atoms with van der Waals surface area (Å²) in [7, 11) is 1.40. The van der Waals surface area contributed by atoms with Crippen molar-refractivity contribution in [1.29, 1.82) is 5.26 Å². The zero-order valence-corrected chi connectivity index (χ0v) is 21.7. The third-order valence-corrected chi connectivity index (χ3v) is 5.88. The van der Waals surface area contributed by atoms with E-state index in [4.69, 9.17) is 9.15 Å². The Labute approximate surface area is 224 Å². The number of phenols is 1. The van der Waals surface area contributed by atoms with Crippen LogP contribution in [0.5, 0.6) is 11.5 Å². The smallest absolute Gasteiger partial charge is 0.412 e. The van der Waals surface area contributed by atoms with Crippen molar-refractivity contribution in [3.8, 4) is 40.0 Å². The number of phenolic OH excluding ortho intramolecular Hbond substituents is 1. The van der Waals surface area contributed by atoms with Gasteiger partial charge in [0.2, 0.25) is 0 Å². The molecular weight excluding hydrogens is 500 g/mol. The summed E-state index contributed by atoms with van der Waals surface area (Å²) in [5, 5.41) is 33.4. The highest BCUT2D eigenvalue weighted by Gasteiger charge is 2.32. The summed E-state index contributed by atoms with van der Waals surface area (Å²) in [5.41, 5.74) is 0.747. The number of nitrogens with one attached hydrogen (secondary N) is 1. The summed E-state index contributed by atoms with van der Waals surface area (Å²) >= 11 is 0. The molecule has 2 heterocycles. The van der Waals surface area contributed by atoms with Crippen molar-refractivity contribution in [1.82, 2.24) is 4.98 Å². The molecule has 39 heavy (non-hydrogen) atoms. The summed E-state index contributed by atoms with van der Waals surface area (Å²) in [6.07, 6.45) is 0.159. The van der Waals surface area contributed by atoms with Crippen LogP contribution in [0.1, 0.15) is 36.9 Å². The molecule has 2 aromatic carbocycles. The van der Waals surface area contributed by atoms with Crippen LogP contribution < -0.4 is 15.0 Å². The average Bonchev–Trinajstić information content (AvgIpc) is 3.43. The van der Waals surface area contributed by atoms with Crippen LogP contribution in [0.15, 0.2) is 71.3 Å². The number of hydrogen-bond donors (Lipinski definition) is 3. The lowest BCUT2D eigenvalue weighted by atomic mass is 9.95. The first kappa shape index (κ1) is 26.8. The Kier molecular flexibility index (Phi) is 7.27. The van der Waals surface area contributed by atoms with E-state index in [1.807, 2.05) is 0 Å². The summed E-state index contributed by atoms with van der Waals surface area (Å²) in [5.74, 6) is -0.557. The van der Waals surface area contributed by atoms with Crippen molar-refractivity contribution in [2.24, 2.45) is 0 Å². The molecule has 198 valence electrons. The SMILES string of the molecule is COc1c(-c2cc(-c3ccccc3O)nc(NC(=O)c3ccco3)c2C#N)cccc1N(C(=O)O)C(C)(C)C. The second kappa shape index (κ2) is 10.6. The van der Waals surface area contributed by atoms with Crippen LogP contribution in [0.25, 0.3) is 22.4 Å². The molecule has 0 saturated heterocycles. The van der Waals surface area contributed by atoms with Crippen LogP contribution in [-0.2, 0) is 0 Å². The number of pyridine rings is 1. The van der Waals surface area contributed by atoms with Gasteiger partial charge < -0.3 is 24.7 Å². The number of ether oxygens (including phenoxy) is 1. The first-order valence-electron chi connectivity index (χ1n) is 11.9. The molecule has 10 nitrogen and oxygen atoms in total. The average molecular weight is 527 g/mol. The summed E-state index contributed by atoms with van der Waals surface area (Å²) in [4.78, 5) is 30.8. The van der Waals surface area contributed by atoms with Crippen LogP contribution in [0, 0.1) is 11.3 Å². The molecule has 0 saturated carbocycles. The number of amides is 2. The molecule has 3 N–H and O–H groups in total. The molecule has 2 amide bonds. The third-order valence-electron chi connectivity index (χ3n) is 5.88. The topological polar surface area (TPSA) is 149 Å². The van der Waals surface area contributed by atoms with E-state index >= 15 is 0 Å². The lowest BCUT2D eigenvalue weighted by molar-refractivity contribution is 0.0996. The second-order valence-electron chi connectivity index (χ2n) is 9.49. The number of aromatic nitrogens is 1. The number of furan rings is 1. The van der Waals surface area contributed by atoms with Gasteiger partial charge in [-0.2, -0.15) is 5.26 Å². The fourth-order valence-corrected chi connectivity index (χ4v) is 4.25. The Hall–Kier alpha value is -5.30. The van der Waals surface area contributed by atoms with Crippen LogP contribution in [0.2, 0.25) is 0 Å². The maximum absolute atomic E-state index is 12.9. The van der Waals surface area contributed by atoms with Gasteiger partial charge in [0.25, 0.3) is 5.91 Å². The van der Waals surface area contributed by atoms with Gasteiger partial charge in [0.1, 0.15) is 17.4 Å². The predicted molar refractivity (Wildman–Crippen MR) is 145 cm³/mol. The quantitative estimate of drug-likeness (QED) is 0.272. The number of carbonyl (C=O) groups is 2. The van der Waals surface area contributed by atoms with Gasteiger partial charge in [-0.1, -0.05) is 24.3 Å². The largest absolute Gasteiger partial charge is 0.507 e. The minimum absolute atomic E-state index is 0.00200. The molecule has 0 aliphatic carbocycles. The van der Waals surface area contributed by atoms with E-state index in [2.05, 4.69) is 16.4 Å². The number of para-hydroxylation sites is 2. The van der Waals surface area contributed by atoms with Crippen LogP contribution in [0.4, 0.5) is 16.3 Å². The highest BCUT2D eigenvalue weighted by atomic mass is 16.5. The van der Waals surface area contributed by atoms with Gasteiger partial charge in [-0.05, 0) is 57.2 Å². The number of hydrogen-bond acceptors (Lipinski definition) is 7. The highest BCUT2D eigenvalue weighted by molar-refractivity contribution is 6.03. The van der Waals surface area contributed by atoms with E-state index in [1.165, 1.54) is 30.4 Å². The van der Waals surface area contributed by atoms with Gasteiger partial charge in [0.15, 0.2) is 17.3 Å². The normalized spacial score (nSPS) is 10.9. The zero-order valence-electron chi connectivity index (χ0n) is 21.7. The van der Waals surface area contributed by atoms with Crippen molar-refractivity contribution in [3.63, 3.8) is 0 Å². The van der Waals surface area contributed by atoms with Crippen molar-refractivity contribution < 1.29 is 29.0 Å². The first-order valence-corrected chi connectivity index (χ1v) is 11.9. The maximum atomic E-state index is 12.9. The van der Waals surface area contributed by atoms with Crippen LogP contribution >= 0.6 is 0 Å². The molecule has 0 aliphatic rings. The molecule has 0 spiro atoms. The van der Waals surface area contributed by atoms with Crippen molar-refractivity contribution in [2.75, 3.05) is 17.3 Å². The lowest BCUT2D eigenvalue weighted by Crippen LogP contribution is -2.45. The number of aromatic hydroxyl groups is 1. The molecule has 4 aromatic rings. The van der Waals surface area contributed by atoms with Crippen LogP contribution in [-0.4, -0.2) is 39.8 Å². The van der Waals surface area contributed by atoms with Crippen LogP contribution in [0.3, 0.4) is 0 Å². The minimum atomic E-state index is -1.19. The highest BCUT2D eigenvalue weighted by Crippen LogP contribution is 2.44. The number of carboxylic acid groups (broad SMARTS) is 1. The molecule has 2 aromatic heterocycles. The molecular formula is C29H26N4O6. The van der Waals surface area contributed by atoms with E-state index < -0.39 is 17.5 Å². The van der Waals surface area contributed by atoms with E-state index in [0.29, 0.717) is 16.7 Å². The summed E-state index contributed by atoms with van der Waals surface area (Å²) in [6.45, 7) is 5.25.